The summed E-state index contributed by atoms with van der Waals surface area (Å²) in [4.78, 5) is 11.8. The molecule has 0 aliphatic heterocycles. The van der Waals surface area contributed by atoms with E-state index in [1.165, 1.54) is 24.3 Å². The Morgan fingerprint density at radius 2 is 1.50 bits per heavy atom. The van der Waals surface area contributed by atoms with Crippen LogP contribution in [-0.2, 0) is 6.18 Å². The molecule has 0 aromatic heterocycles. The zero-order valence-corrected chi connectivity index (χ0v) is 12.4. The van der Waals surface area contributed by atoms with E-state index >= 15 is 0 Å². The molecular formula is C14H9Cl2F3N2O. The molecule has 0 atom stereocenters. The number of hydrogen-bond acceptors (Lipinski definition) is 1. The van der Waals surface area contributed by atoms with E-state index in [0.29, 0.717) is 0 Å². The molecule has 2 aromatic rings. The highest BCUT2D eigenvalue weighted by atomic mass is 35.5. The molecule has 22 heavy (non-hydrogen) atoms. The standard InChI is InChI=1S/C14H9Cl2F3N2O/c15-9-5-3-7-11(12(9)16)21-13(22)20-10-6-2-1-4-8(10)14(17,18)19/h1-7H,(H2,20,21,22). The third kappa shape index (κ3) is 3.84. The van der Waals surface area contributed by atoms with Crippen molar-refractivity contribution in [2.45, 2.75) is 6.18 Å². The van der Waals surface area contributed by atoms with Crippen LogP contribution >= 0.6 is 23.2 Å². The molecule has 0 fully saturated rings. The molecule has 0 aliphatic carbocycles. The van der Waals surface area contributed by atoms with Crippen molar-refractivity contribution in [1.29, 1.82) is 0 Å². The van der Waals surface area contributed by atoms with Crippen molar-refractivity contribution in [1.82, 2.24) is 0 Å². The number of halogens is 5. The van der Waals surface area contributed by atoms with Gasteiger partial charge in [-0.05, 0) is 24.3 Å². The molecule has 0 heterocycles. The Morgan fingerprint density at radius 3 is 2.18 bits per heavy atom. The number of alkyl halides is 3. The molecule has 2 N–H and O–H groups in total. The fraction of sp³-hybridized carbons (Fsp3) is 0.0714. The predicted molar refractivity (Wildman–Crippen MR) is 80.5 cm³/mol. The van der Waals surface area contributed by atoms with Crippen LogP contribution in [0, 0.1) is 0 Å². The van der Waals surface area contributed by atoms with Crippen LogP contribution < -0.4 is 10.6 Å². The van der Waals surface area contributed by atoms with Crippen LogP contribution in [-0.4, -0.2) is 6.03 Å². The molecule has 3 nitrogen and oxygen atoms in total. The summed E-state index contributed by atoms with van der Waals surface area (Å²) < 4.78 is 38.5. The predicted octanol–water partition coefficient (Wildman–Crippen LogP) is 5.66. The van der Waals surface area contributed by atoms with Gasteiger partial charge in [-0.15, -0.1) is 0 Å². The Balaban J connectivity index is 2.18. The number of hydrogen-bond donors (Lipinski definition) is 2. The van der Waals surface area contributed by atoms with Crippen molar-refractivity contribution in [3.8, 4) is 0 Å². The van der Waals surface area contributed by atoms with E-state index in [4.69, 9.17) is 23.2 Å². The molecule has 0 aliphatic rings. The van der Waals surface area contributed by atoms with Crippen LogP contribution in [0.2, 0.25) is 10.0 Å². The molecule has 0 unspecified atom stereocenters. The van der Waals surface area contributed by atoms with Gasteiger partial charge in [0.25, 0.3) is 0 Å². The number of urea groups is 1. The van der Waals surface area contributed by atoms with Gasteiger partial charge in [-0.2, -0.15) is 13.2 Å². The quantitative estimate of drug-likeness (QED) is 0.722. The normalized spacial score (nSPS) is 11.1. The SMILES string of the molecule is O=C(Nc1ccccc1C(F)(F)F)Nc1cccc(Cl)c1Cl. The fourth-order valence-electron chi connectivity index (χ4n) is 1.72. The molecule has 0 spiro atoms. The van der Waals surface area contributed by atoms with Crippen LogP contribution in [0.25, 0.3) is 0 Å². The van der Waals surface area contributed by atoms with E-state index in [1.54, 1.807) is 6.07 Å². The Bertz CT molecular complexity index is 705. The number of benzene rings is 2. The van der Waals surface area contributed by atoms with Crippen LogP contribution in [0.1, 0.15) is 5.56 Å². The lowest BCUT2D eigenvalue weighted by atomic mass is 10.1. The molecule has 116 valence electrons. The maximum atomic E-state index is 12.8. The molecule has 8 heteroatoms. The van der Waals surface area contributed by atoms with Crippen LogP contribution in [0.15, 0.2) is 42.5 Å². The lowest BCUT2D eigenvalue weighted by molar-refractivity contribution is -0.136. The Labute approximate surface area is 134 Å². The van der Waals surface area contributed by atoms with Gasteiger partial charge in [0, 0.05) is 0 Å². The third-order valence-electron chi connectivity index (χ3n) is 2.68. The summed E-state index contributed by atoms with van der Waals surface area (Å²) >= 11 is 11.7. The Hall–Kier alpha value is -1.92. The van der Waals surface area contributed by atoms with Crippen molar-refractivity contribution < 1.29 is 18.0 Å². The van der Waals surface area contributed by atoms with Gasteiger partial charge in [0.15, 0.2) is 0 Å². The molecule has 0 radical (unpaired) electrons. The first-order valence-corrected chi connectivity index (χ1v) is 6.73. The van der Waals surface area contributed by atoms with Gasteiger partial charge in [-0.3, -0.25) is 0 Å². The molecule has 0 saturated heterocycles. The second-order valence-electron chi connectivity index (χ2n) is 4.22. The number of anilines is 2. The third-order valence-corrected chi connectivity index (χ3v) is 3.50. The summed E-state index contributed by atoms with van der Waals surface area (Å²) in [5.41, 5.74) is -1.11. The number of para-hydroxylation sites is 1. The van der Waals surface area contributed by atoms with Gasteiger partial charge in [-0.1, -0.05) is 41.4 Å². The molecule has 2 aromatic carbocycles. The lowest BCUT2D eigenvalue weighted by Crippen LogP contribution is -2.22. The average molecular weight is 349 g/mol. The summed E-state index contributed by atoms with van der Waals surface area (Å²) in [5, 5.41) is 4.80. The monoisotopic (exact) mass is 348 g/mol. The highest BCUT2D eigenvalue weighted by Gasteiger charge is 2.33. The largest absolute Gasteiger partial charge is 0.418 e. The molecule has 0 bridgehead atoms. The fourth-order valence-corrected chi connectivity index (χ4v) is 2.06. The van der Waals surface area contributed by atoms with Crippen molar-refractivity contribution in [2.75, 3.05) is 10.6 Å². The van der Waals surface area contributed by atoms with E-state index in [2.05, 4.69) is 10.6 Å². The minimum absolute atomic E-state index is 0.100. The summed E-state index contributed by atoms with van der Waals surface area (Å²) in [6.45, 7) is 0. The van der Waals surface area contributed by atoms with E-state index in [0.717, 1.165) is 12.1 Å². The number of rotatable bonds is 2. The van der Waals surface area contributed by atoms with Gasteiger partial charge in [0.1, 0.15) is 0 Å². The number of carbonyl (C=O) groups excluding carboxylic acids is 1. The summed E-state index contributed by atoms with van der Waals surface area (Å²) in [6.07, 6.45) is -4.57. The minimum Gasteiger partial charge on any atom is -0.307 e. The van der Waals surface area contributed by atoms with Crippen molar-refractivity contribution in [2.24, 2.45) is 0 Å². The van der Waals surface area contributed by atoms with Crippen LogP contribution in [0.3, 0.4) is 0 Å². The molecular weight excluding hydrogens is 340 g/mol. The number of nitrogens with one attached hydrogen (secondary N) is 2. The highest BCUT2D eigenvalue weighted by molar-refractivity contribution is 6.44. The maximum absolute atomic E-state index is 12.8. The molecule has 2 amide bonds. The second kappa shape index (κ2) is 6.46. The van der Waals surface area contributed by atoms with Crippen molar-refractivity contribution >= 4 is 40.6 Å². The first-order chi connectivity index (χ1) is 10.3. The van der Waals surface area contributed by atoms with Crippen LogP contribution in [0.5, 0.6) is 0 Å². The van der Waals surface area contributed by atoms with Gasteiger partial charge in [0.2, 0.25) is 0 Å². The number of carbonyl (C=O) groups is 1. The first kappa shape index (κ1) is 16.5. The van der Waals surface area contributed by atoms with Gasteiger partial charge in [0.05, 0.1) is 27.0 Å². The minimum atomic E-state index is -4.57. The second-order valence-corrected chi connectivity index (χ2v) is 5.01. The Kier molecular flexibility index (Phi) is 4.83. The summed E-state index contributed by atoms with van der Waals surface area (Å²) in [5.74, 6) is 0. The smallest absolute Gasteiger partial charge is 0.307 e. The van der Waals surface area contributed by atoms with E-state index in [-0.39, 0.29) is 21.4 Å². The van der Waals surface area contributed by atoms with E-state index in [9.17, 15) is 18.0 Å². The average Bonchev–Trinajstić information content (AvgIpc) is 2.43. The van der Waals surface area contributed by atoms with Crippen molar-refractivity contribution in [3.63, 3.8) is 0 Å². The summed E-state index contributed by atoms with van der Waals surface area (Å²) in [6, 6.07) is 8.34. The van der Waals surface area contributed by atoms with Crippen LogP contribution in [0.4, 0.5) is 29.3 Å². The van der Waals surface area contributed by atoms with E-state index < -0.39 is 17.8 Å². The topological polar surface area (TPSA) is 41.1 Å². The zero-order valence-electron chi connectivity index (χ0n) is 10.8. The lowest BCUT2D eigenvalue weighted by Gasteiger charge is -2.14. The van der Waals surface area contributed by atoms with Crippen molar-refractivity contribution in [3.05, 3.63) is 58.1 Å². The molecule has 0 saturated carbocycles. The van der Waals surface area contributed by atoms with Gasteiger partial charge in [-0.25, -0.2) is 4.79 Å². The maximum Gasteiger partial charge on any atom is 0.418 e. The first-order valence-electron chi connectivity index (χ1n) is 5.97. The summed E-state index contributed by atoms with van der Waals surface area (Å²) in [7, 11) is 0. The molecule has 2 rings (SSSR count). The highest BCUT2D eigenvalue weighted by Crippen LogP contribution is 2.35. The van der Waals surface area contributed by atoms with E-state index in [1.807, 2.05) is 0 Å². The van der Waals surface area contributed by atoms with Gasteiger partial charge >= 0.3 is 12.2 Å². The zero-order chi connectivity index (χ0) is 16.3. The van der Waals surface area contributed by atoms with Gasteiger partial charge < -0.3 is 10.6 Å². The Morgan fingerprint density at radius 1 is 0.909 bits per heavy atom. The number of amides is 2.